The minimum atomic E-state index is -0.686. The van der Waals surface area contributed by atoms with Crippen molar-refractivity contribution < 1.29 is 14.3 Å². The molecule has 0 saturated heterocycles. The molecule has 0 aliphatic carbocycles. The van der Waals surface area contributed by atoms with E-state index in [1.54, 1.807) is 6.92 Å². The van der Waals surface area contributed by atoms with Crippen molar-refractivity contribution in [1.82, 2.24) is 0 Å². The summed E-state index contributed by atoms with van der Waals surface area (Å²) in [6.45, 7) is 6.11. The quantitative estimate of drug-likeness (QED) is 0.514. The van der Waals surface area contributed by atoms with E-state index in [2.05, 4.69) is 18.6 Å². The molecule has 3 nitrogen and oxygen atoms in total. The average Bonchev–Trinajstić information content (AvgIpc) is 2.05. The second-order valence-electron chi connectivity index (χ2n) is 2.90. The number of carbonyl (C=O) groups excluding carboxylic acids is 1. The molecule has 0 aromatic rings. The normalized spacial score (nSPS) is 12.7. The third kappa shape index (κ3) is 6.70. The van der Waals surface area contributed by atoms with Crippen LogP contribution >= 0.6 is 11.6 Å². The maximum Gasteiger partial charge on any atom is 0.509 e. The van der Waals surface area contributed by atoms with Crippen LogP contribution in [0, 0.1) is 5.92 Å². The van der Waals surface area contributed by atoms with Crippen LogP contribution in [0.2, 0.25) is 0 Å². The summed E-state index contributed by atoms with van der Waals surface area (Å²) in [7, 11) is 0. The SMILES string of the molecule is CCC(CC)COC(=O)OC(C)Cl. The fourth-order valence-corrected chi connectivity index (χ4v) is 0.950. The molecule has 0 heterocycles. The Labute approximate surface area is 84.4 Å². The molecular weight excluding hydrogens is 192 g/mol. The highest BCUT2D eigenvalue weighted by molar-refractivity contribution is 6.19. The van der Waals surface area contributed by atoms with E-state index >= 15 is 0 Å². The van der Waals surface area contributed by atoms with Gasteiger partial charge in [0.15, 0.2) is 5.56 Å². The van der Waals surface area contributed by atoms with E-state index < -0.39 is 11.7 Å². The second kappa shape index (κ2) is 7.01. The van der Waals surface area contributed by atoms with E-state index in [4.69, 9.17) is 16.3 Å². The van der Waals surface area contributed by atoms with Crippen molar-refractivity contribution >= 4 is 17.8 Å². The van der Waals surface area contributed by atoms with Crippen LogP contribution in [0.5, 0.6) is 0 Å². The first-order valence-electron chi connectivity index (χ1n) is 4.57. The second-order valence-corrected chi connectivity index (χ2v) is 3.52. The minimum absolute atomic E-state index is 0.412. The van der Waals surface area contributed by atoms with E-state index in [-0.39, 0.29) is 0 Å². The summed E-state index contributed by atoms with van der Waals surface area (Å²) in [6.07, 6.45) is 1.31. The maximum atomic E-state index is 10.9. The number of carbonyl (C=O) groups is 1. The summed E-state index contributed by atoms with van der Waals surface area (Å²) in [4.78, 5) is 10.9. The molecule has 0 bridgehead atoms. The Morgan fingerprint density at radius 1 is 1.38 bits per heavy atom. The first kappa shape index (κ1) is 12.6. The number of hydrogen-bond donors (Lipinski definition) is 0. The van der Waals surface area contributed by atoms with Gasteiger partial charge in [0.1, 0.15) is 0 Å². The molecule has 0 rings (SSSR count). The topological polar surface area (TPSA) is 35.5 Å². The standard InChI is InChI=1S/C9H17ClO3/c1-4-8(5-2)6-12-9(11)13-7(3)10/h7-8H,4-6H2,1-3H3. The highest BCUT2D eigenvalue weighted by Gasteiger charge is 2.10. The molecule has 4 heteroatoms. The molecule has 0 aromatic carbocycles. The molecule has 0 N–H and O–H groups in total. The van der Waals surface area contributed by atoms with Crippen LogP contribution in [0.3, 0.4) is 0 Å². The van der Waals surface area contributed by atoms with Gasteiger partial charge in [-0.3, -0.25) is 0 Å². The lowest BCUT2D eigenvalue weighted by Gasteiger charge is -2.12. The lowest BCUT2D eigenvalue weighted by Crippen LogP contribution is -2.16. The number of ether oxygens (including phenoxy) is 2. The third-order valence-corrected chi connectivity index (χ3v) is 1.94. The van der Waals surface area contributed by atoms with Gasteiger partial charge in [-0.25, -0.2) is 4.79 Å². The first-order chi connectivity index (χ1) is 6.10. The minimum Gasteiger partial charge on any atom is -0.434 e. The van der Waals surface area contributed by atoms with E-state index in [9.17, 15) is 4.79 Å². The van der Waals surface area contributed by atoms with Gasteiger partial charge in [-0.2, -0.15) is 0 Å². The molecule has 0 aromatic heterocycles. The fraction of sp³-hybridized carbons (Fsp3) is 0.889. The van der Waals surface area contributed by atoms with Crippen molar-refractivity contribution in [3.63, 3.8) is 0 Å². The summed E-state index contributed by atoms with van der Waals surface area (Å²) in [5.74, 6) is 0.415. The van der Waals surface area contributed by atoms with Gasteiger partial charge in [0.05, 0.1) is 6.61 Å². The molecule has 13 heavy (non-hydrogen) atoms. The van der Waals surface area contributed by atoms with Gasteiger partial charge < -0.3 is 9.47 Å². The van der Waals surface area contributed by atoms with Crippen molar-refractivity contribution in [2.24, 2.45) is 5.92 Å². The van der Waals surface area contributed by atoms with Crippen molar-refractivity contribution in [3.8, 4) is 0 Å². The van der Waals surface area contributed by atoms with Gasteiger partial charge in [-0.1, -0.05) is 38.3 Å². The zero-order valence-corrected chi connectivity index (χ0v) is 9.13. The van der Waals surface area contributed by atoms with E-state index in [1.807, 2.05) is 0 Å². The molecule has 0 amide bonds. The average molecular weight is 209 g/mol. The summed E-state index contributed by atoms with van der Waals surface area (Å²) in [5, 5.41) is 0. The smallest absolute Gasteiger partial charge is 0.434 e. The van der Waals surface area contributed by atoms with Crippen molar-refractivity contribution in [1.29, 1.82) is 0 Å². The first-order valence-corrected chi connectivity index (χ1v) is 5.01. The largest absolute Gasteiger partial charge is 0.509 e. The molecule has 0 spiro atoms. The lowest BCUT2D eigenvalue weighted by molar-refractivity contribution is 0.0384. The molecule has 0 radical (unpaired) electrons. The van der Waals surface area contributed by atoms with Gasteiger partial charge in [0.25, 0.3) is 0 Å². The van der Waals surface area contributed by atoms with Crippen LogP contribution in [0.1, 0.15) is 33.6 Å². The van der Waals surface area contributed by atoms with Gasteiger partial charge in [-0.05, 0) is 12.8 Å². The number of hydrogen-bond acceptors (Lipinski definition) is 3. The van der Waals surface area contributed by atoms with Crippen LogP contribution in [-0.2, 0) is 9.47 Å². The Morgan fingerprint density at radius 2 is 1.92 bits per heavy atom. The molecule has 0 aliphatic rings. The summed E-state index contributed by atoms with van der Waals surface area (Å²) >= 11 is 5.43. The van der Waals surface area contributed by atoms with E-state index in [1.165, 1.54) is 0 Å². The molecule has 0 fully saturated rings. The van der Waals surface area contributed by atoms with Crippen molar-refractivity contribution in [3.05, 3.63) is 0 Å². The Morgan fingerprint density at radius 3 is 2.31 bits per heavy atom. The van der Waals surface area contributed by atoms with Crippen LogP contribution in [-0.4, -0.2) is 18.3 Å². The third-order valence-electron chi connectivity index (χ3n) is 1.85. The number of alkyl halides is 1. The molecule has 78 valence electrons. The van der Waals surface area contributed by atoms with Crippen molar-refractivity contribution in [2.75, 3.05) is 6.61 Å². The molecule has 0 aliphatic heterocycles. The maximum absolute atomic E-state index is 10.9. The zero-order valence-electron chi connectivity index (χ0n) is 8.38. The van der Waals surface area contributed by atoms with E-state index in [0.29, 0.717) is 12.5 Å². The van der Waals surface area contributed by atoms with Gasteiger partial charge in [0.2, 0.25) is 0 Å². The number of halogens is 1. The van der Waals surface area contributed by atoms with Gasteiger partial charge >= 0.3 is 6.16 Å². The monoisotopic (exact) mass is 208 g/mol. The Hall–Kier alpha value is -0.440. The Kier molecular flexibility index (Phi) is 6.77. The van der Waals surface area contributed by atoms with Gasteiger partial charge in [-0.15, -0.1) is 0 Å². The molecular formula is C9H17ClO3. The Balaban J connectivity index is 3.56. The molecule has 0 saturated carbocycles. The summed E-state index contributed by atoms with van der Waals surface area (Å²) in [6, 6.07) is 0. The van der Waals surface area contributed by atoms with Crippen molar-refractivity contribution in [2.45, 2.75) is 39.2 Å². The fourth-order valence-electron chi connectivity index (χ4n) is 0.877. The predicted octanol–water partition coefficient (Wildman–Crippen LogP) is 3.16. The molecule has 1 atom stereocenters. The summed E-state index contributed by atoms with van der Waals surface area (Å²) < 4.78 is 9.45. The van der Waals surface area contributed by atoms with E-state index in [0.717, 1.165) is 12.8 Å². The lowest BCUT2D eigenvalue weighted by atomic mass is 10.1. The number of rotatable bonds is 5. The van der Waals surface area contributed by atoms with Gasteiger partial charge in [0, 0.05) is 0 Å². The van der Waals surface area contributed by atoms with Crippen LogP contribution in [0.25, 0.3) is 0 Å². The summed E-state index contributed by atoms with van der Waals surface area (Å²) in [5.41, 5.74) is -0.630. The highest BCUT2D eigenvalue weighted by atomic mass is 35.5. The Bertz CT molecular complexity index is 144. The van der Waals surface area contributed by atoms with Crippen LogP contribution in [0.15, 0.2) is 0 Å². The van der Waals surface area contributed by atoms with Crippen LogP contribution < -0.4 is 0 Å². The predicted molar refractivity (Wildman–Crippen MR) is 51.8 cm³/mol. The highest BCUT2D eigenvalue weighted by Crippen LogP contribution is 2.08. The molecule has 1 unspecified atom stereocenters. The van der Waals surface area contributed by atoms with Crippen LogP contribution in [0.4, 0.5) is 4.79 Å². The zero-order chi connectivity index (χ0) is 10.3.